The molecule has 4 rings (SSSR count). The first-order valence-corrected chi connectivity index (χ1v) is 8.90. The van der Waals surface area contributed by atoms with Crippen molar-refractivity contribution in [2.75, 3.05) is 5.32 Å². The third-order valence-electron chi connectivity index (χ3n) is 3.58. The van der Waals surface area contributed by atoms with E-state index in [4.69, 9.17) is 13.4 Å². The third-order valence-corrected chi connectivity index (χ3v) is 4.67. The van der Waals surface area contributed by atoms with Crippen LogP contribution in [0, 0.1) is 6.92 Å². The molecule has 0 fully saturated rings. The average molecular weight is 382 g/mol. The number of benzene rings is 1. The Labute approximate surface area is 157 Å². The number of carbonyl (C=O) groups excluding carboxylic acids is 1. The number of aryl methyl sites for hydroxylation is 1. The lowest BCUT2D eigenvalue weighted by Gasteiger charge is -2.13. The molecule has 0 saturated heterocycles. The van der Waals surface area contributed by atoms with Gasteiger partial charge in [0.1, 0.15) is 11.0 Å². The van der Waals surface area contributed by atoms with Crippen molar-refractivity contribution in [3.05, 3.63) is 66.1 Å². The van der Waals surface area contributed by atoms with Gasteiger partial charge in [0.05, 0.1) is 6.26 Å². The molecule has 0 spiro atoms. The van der Waals surface area contributed by atoms with Crippen LogP contribution in [0.25, 0.3) is 11.7 Å². The smallest absolute Gasteiger partial charge is 0.284 e. The highest BCUT2D eigenvalue weighted by Gasteiger charge is 2.26. The molecule has 27 heavy (non-hydrogen) atoms. The first-order chi connectivity index (χ1) is 13.2. The normalized spacial score (nSPS) is 12.0. The fraction of sp³-hybridized carbons (Fsp3) is 0.111. The van der Waals surface area contributed by atoms with Gasteiger partial charge >= 0.3 is 0 Å². The molecule has 0 aliphatic carbocycles. The number of nitrogens with one attached hydrogen (secondary N) is 1. The Kier molecular flexibility index (Phi) is 4.75. The van der Waals surface area contributed by atoms with E-state index in [9.17, 15) is 4.79 Å². The van der Waals surface area contributed by atoms with E-state index in [0.717, 1.165) is 17.3 Å². The highest BCUT2D eigenvalue weighted by Crippen LogP contribution is 2.36. The number of anilines is 1. The van der Waals surface area contributed by atoms with Crippen LogP contribution >= 0.6 is 11.8 Å². The molecule has 3 aromatic heterocycles. The molecule has 0 saturated carbocycles. The van der Waals surface area contributed by atoms with Gasteiger partial charge in [0.2, 0.25) is 5.91 Å². The summed E-state index contributed by atoms with van der Waals surface area (Å²) in [4.78, 5) is 12.8. The fourth-order valence-corrected chi connectivity index (χ4v) is 3.25. The summed E-state index contributed by atoms with van der Waals surface area (Å²) in [6.07, 6.45) is 1.52. The SMILES string of the molecule is Cc1cc(NC(=O)C(Sc2nnc(-c3ccco3)o2)c2ccccc2)no1. The predicted octanol–water partition coefficient (Wildman–Crippen LogP) is 4.10. The number of furan rings is 1. The molecule has 8 nitrogen and oxygen atoms in total. The van der Waals surface area contributed by atoms with Crippen LogP contribution < -0.4 is 5.32 Å². The summed E-state index contributed by atoms with van der Waals surface area (Å²) in [6.45, 7) is 1.75. The van der Waals surface area contributed by atoms with Crippen LogP contribution in [0.4, 0.5) is 5.82 Å². The van der Waals surface area contributed by atoms with Crippen LogP contribution in [0.2, 0.25) is 0 Å². The molecule has 0 radical (unpaired) electrons. The standard InChI is InChI=1S/C18H14N4O4S/c1-11-10-14(22-26-11)19-16(23)15(12-6-3-2-4-7-12)27-18-21-20-17(25-18)13-8-5-9-24-13/h2-10,15H,1H3,(H,19,22,23). The van der Waals surface area contributed by atoms with Crippen LogP contribution in [0.3, 0.4) is 0 Å². The summed E-state index contributed by atoms with van der Waals surface area (Å²) in [5, 5.41) is 14.1. The van der Waals surface area contributed by atoms with Gasteiger partial charge in [-0.2, -0.15) is 0 Å². The van der Waals surface area contributed by atoms with E-state index in [1.54, 1.807) is 25.1 Å². The van der Waals surface area contributed by atoms with Gasteiger partial charge in [-0.05, 0) is 36.4 Å². The molecule has 1 unspecified atom stereocenters. The zero-order valence-electron chi connectivity index (χ0n) is 14.2. The molecule has 9 heteroatoms. The highest BCUT2D eigenvalue weighted by atomic mass is 32.2. The monoisotopic (exact) mass is 382 g/mol. The van der Waals surface area contributed by atoms with Crippen molar-refractivity contribution in [3.8, 4) is 11.7 Å². The highest BCUT2D eigenvalue weighted by molar-refractivity contribution is 8.00. The van der Waals surface area contributed by atoms with Crippen molar-refractivity contribution in [1.82, 2.24) is 15.4 Å². The maximum atomic E-state index is 12.8. The van der Waals surface area contributed by atoms with Crippen molar-refractivity contribution in [2.45, 2.75) is 17.4 Å². The number of aromatic nitrogens is 3. The lowest BCUT2D eigenvalue weighted by atomic mass is 10.1. The summed E-state index contributed by atoms with van der Waals surface area (Å²) in [7, 11) is 0. The number of carbonyl (C=O) groups is 1. The van der Waals surface area contributed by atoms with Gasteiger partial charge in [-0.15, -0.1) is 10.2 Å². The summed E-state index contributed by atoms with van der Waals surface area (Å²) in [5.74, 6) is 1.39. The topological polar surface area (TPSA) is 107 Å². The van der Waals surface area contributed by atoms with Gasteiger partial charge in [0, 0.05) is 6.07 Å². The van der Waals surface area contributed by atoms with Crippen LogP contribution in [0.5, 0.6) is 0 Å². The van der Waals surface area contributed by atoms with Crippen molar-refractivity contribution < 1.29 is 18.2 Å². The molecule has 136 valence electrons. The third kappa shape index (κ3) is 3.93. The quantitative estimate of drug-likeness (QED) is 0.497. The summed E-state index contributed by atoms with van der Waals surface area (Å²) in [5.41, 5.74) is 0.790. The zero-order chi connectivity index (χ0) is 18.6. The van der Waals surface area contributed by atoms with E-state index in [1.807, 2.05) is 30.3 Å². The van der Waals surface area contributed by atoms with Crippen molar-refractivity contribution in [3.63, 3.8) is 0 Å². The van der Waals surface area contributed by atoms with E-state index in [2.05, 4.69) is 20.7 Å². The van der Waals surface area contributed by atoms with E-state index in [-0.39, 0.29) is 17.0 Å². The molecular weight excluding hydrogens is 368 g/mol. The molecule has 1 aromatic carbocycles. The van der Waals surface area contributed by atoms with Crippen molar-refractivity contribution >= 4 is 23.5 Å². The number of amides is 1. The summed E-state index contributed by atoms with van der Waals surface area (Å²) in [6, 6.07) is 14.4. The predicted molar refractivity (Wildman–Crippen MR) is 96.9 cm³/mol. The number of nitrogens with zero attached hydrogens (tertiary/aromatic N) is 3. The molecule has 4 aromatic rings. The Bertz CT molecular complexity index is 1030. The molecule has 0 aliphatic heterocycles. The van der Waals surface area contributed by atoms with E-state index < -0.39 is 5.25 Å². The molecule has 1 amide bonds. The van der Waals surface area contributed by atoms with Crippen LogP contribution in [-0.2, 0) is 4.79 Å². The molecule has 0 aliphatic rings. The van der Waals surface area contributed by atoms with Gasteiger partial charge in [-0.1, -0.05) is 35.5 Å². The second-order valence-electron chi connectivity index (χ2n) is 5.57. The Morgan fingerprint density at radius 3 is 2.70 bits per heavy atom. The Morgan fingerprint density at radius 2 is 2.00 bits per heavy atom. The van der Waals surface area contributed by atoms with Gasteiger partial charge < -0.3 is 18.7 Å². The minimum atomic E-state index is -0.617. The van der Waals surface area contributed by atoms with Crippen LogP contribution in [-0.4, -0.2) is 21.3 Å². The number of thioether (sulfide) groups is 1. The summed E-state index contributed by atoms with van der Waals surface area (Å²) < 4.78 is 15.9. The Hall–Kier alpha value is -3.33. The minimum absolute atomic E-state index is 0.252. The van der Waals surface area contributed by atoms with Crippen LogP contribution in [0.15, 0.2) is 73.4 Å². The fourth-order valence-electron chi connectivity index (χ4n) is 2.38. The first-order valence-electron chi connectivity index (χ1n) is 8.02. The van der Waals surface area contributed by atoms with Gasteiger partial charge in [-0.25, -0.2) is 0 Å². The Morgan fingerprint density at radius 1 is 1.15 bits per heavy atom. The lowest BCUT2D eigenvalue weighted by Crippen LogP contribution is -2.19. The van der Waals surface area contributed by atoms with E-state index in [1.165, 1.54) is 6.26 Å². The molecule has 3 heterocycles. The van der Waals surface area contributed by atoms with E-state index >= 15 is 0 Å². The average Bonchev–Trinajstić information content (AvgIpc) is 3.42. The van der Waals surface area contributed by atoms with Crippen LogP contribution in [0.1, 0.15) is 16.6 Å². The molecule has 1 N–H and O–H groups in total. The maximum Gasteiger partial charge on any atom is 0.284 e. The second-order valence-corrected chi connectivity index (χ2v) is 6.63. The second kappa shape index (κ2) is 7.50. The maximum absolute atomic E-state index is 12.8. The largest absolute Gasteiger partial charge is 0.459 e. The zero-order valence-corrected chi connectivity index (χ0v) is 15.0. The number of hydrogen-bond donors (Lipinski definition) is 1. The van der Waals surface area contributed by atoms with Crippen molar-refractivity contribution in [2.24, 2.45) is 0 Å². The number of hydrogen-bond acceptors (Lipinski definition) is 8. The van der Waals surface area contributed by atoms with Gasteiger partial charge in [-0.3, -0.25) is 4.79 Å². The van der Waals surface area contributed by atoms with Gasteiger partial charge in [0.15, 0.2) is 11.6 Å². The Balaban J connectivity index is 1.57. The molecular formula is C18H14N4O4S. The molecule has 0 bridgehead atoms. The minimum Gasteiger partial charge on any atom is -0.459 e. The van der Waals surface area contributed by atoms with Gasteiger partial charge in [0.25, 0.3) is 11.1 Å². The summed E-state index contributed by atoms with van der Waals surface area (Å²) >= 11 is 1.14. The lowest BCUT2D eigenvalue weighted by molar-refractivity contribution is -0.115. The van der Waals surface area contributed by atoms with E-state index in [0.29, 0.717) is 17.3 Å². The molecule has 1 atom stereocenters. The number of rotatable bonds is 6. The van der Waals surface area contributed by atoms with Crippen molar-refractivity contribution in [1.29, 1.82) is 0 Å². The first kappa shape index (κ1) is 17.1.